The molecule has 1 aliphatic heterocycles. The second-order valence-corrected chi connectivity index (χ2v) is 5.73. The topological polar surface area (TPSA) is 45.5 Å². The highest BCUT2D eigenvalue weighted by Gasteiger charge is 2.24. The summed E-state index contributed by atoms with van der Waals surface area (Å²) >= 11 is 0. The van der Waals surface area contributed by atoms with Gasteiger partial charge < -0.3 is 14.6 Å². The minimum atomic E-state index is -0.619. The molecule has 1 N–H and O–H groups in total. The van der Waals surface area contributed by atoms with Crippen molar-refractivity contribution in [3.05, 3.63) is 53.5 Å². The molecule has 0 unspecified atom stereocenters. The Bertz CT molecular complexity index is 701. The number of hydrogen-bond acceptors (Lipinski definition) is 3. The summed E-state index contributed by atoms with van der Waals surface area (Å²) in [4.78, 5) is 13.9. The Balaban J connectivity index is 1.71. The average Bonchev–Trinajstić information content (AvgIpc) is 3.00. The van der Waals surface area contributed by atoms with Gasteiger partial charge in [-0.3, -0.25) is 4.79 Å². The van der Waals surface area contributed by atoms with Crippen LogP contribution in [0.25, 0.3) is 0 Å². The van der Waals surface area contributed by atoms with Gasteiger partial charge in [0.25, 0.3) is 0 Å². The number of nitrogens with zero attached hydrogens (tertiary/aromatic N) is 1. The van der Waals surface area contributed by atoms with Gasteiger partial charge in [0.2, 0.25) is 5.91 Å². The van der Waals surface area contributed by atoms with Crippen molar-refractivity contribution in [2.45, 2.75) is 25.8 Å². The van der Waals surface area contributed by atoms with E-state index < -0.39 is 11.6 Å². The minimum absolute atomic E-state index is 0.0284. The Kier molecular flexibility index (Phi) is 4.32. The van der Waals surface area contributed by atoms with Gasteiger partial charge in [0.15, 0.2) is 0 Å². The Morgan fingerprint density at radius 2 is 2.26 bits per heavy atom. The molecule has 1 amide bonds. The molecule has 1 aliphatic rings. The zero-order valence-corrected chi connectivity index (χ0v) is 12.8. The molecule has 6 heteroatoms. The summed E-state index contributed by atoms with van der Waals surface area (Å²) in [6.45, 7) is 2.41. The van der Waals surface area contributed by atoms with Gasteiger partial charge in [0.05, 0.1) is 24.5 Å². The lowest BCUT2D eigenvalue weighted by molar-refractivity contribution is -0.120. The highest BCUT2D eigenvalue weighted by molar-refractivity contribution is 5.82. The number of halogens is 2. The fourth-order valence-electron chi connectivity index (χ4n) is 2.96. The van der Waals surface area contributed by atoms with Crippen molar-refractivity contribution in [3.63, 3.8) is 0 Å². The first kappa shape index (κ1) is 15.5. The van der Waals surface area contributed by atoms with Crippen LogP contribution in [0, 0.1) is 11.6 Å². The predicted molar refractivity (Wildman–Crippen MR) is 82.2 cm³/mol. The number of carbonyl (C=O) groups excluding carboxylic acids is 1. The third kappa shape index (κ3) is 3.36. The molecule has 0 spiro atoms. The molecule has 0 fully saturated rings. The number of furan rings is 1. The van der Waals surface area contributed by atoms with Crippen LogP contribution >= 0.6 is 0 Å². The van der Waals surface area contributed by atoms with E-state index in [-0.39, 0.29) is 18.5 Å². The third-order valence-corrected chi connectivity index (χ3v) is 3.98. The number of nitrogens with one attached hydrogen (secondary N) is 1. The van der Waals surface area contributed by atoms with Gasteiger partial charge in [-0.1, -0.05) is 0 Å². The highest BCUT2D eigenvalue weighted by atomic mass is 19.1. The van der Waals surface area contributed by atoms with Gasteiger partial charge in [-0.05, 0) is 43.5 Å². The standard InChI is InChI=1S/C17H18F2N2O2/c1-11(15-5-3-7-23-15)20-16(22)10-21-6-2-4-12-8-13(18)9-14(19)17(12)21/h3,5,7-9,11H,2,4,6,10H2,1H3,(H,20,22)/t11-/m0/s1. The number of rotatable bonds is 4. The van der Waals surface area contributed by atoms with Gasteiger partial charge in [0.1, 0.15) is 17.4 Å². The molecule has 1 atom stereocenters. The molecular formula is C17H18F2N2O2. The molecule has 0 saturated heterocycles. The van der Waals surface area contributed by atoms with Crippen molar-refractivity contribution in [3.8, 4) is 0 Å². The normalized spacial score (nSPS) is 15.2. The number of fused-ring (bicyclic) bond motifs is 1. The molecule has 2 aromatic rings. The van der Waals surface area contributed by atoms with Gasteiger partial charge in [-0.15, -0.1) is 0 Å². The molecule has 0 aliphatic carbocycles. The molecule has 122 valence electrons. The summed E-state index contributed by atoms with van der Waals surface area (Å²) in [5.41, 5.74) is 0.944. The maximum Gasteiger partial charge on any atom is 0.240 e. The molecule has 0 saturated carbocycles. The van der Waals surface area contributed by atoms with Crippen LogP contribution in [0.5, 0.6) is 0 Å². The van der Waals surface area contributed by atoms with E-state index in [1.807, 2.05) is 6.92 Å². The van der Waals surface area contributed by atoms with E-state index in [2.05, 4.69) is 5.32 Å². The zero-order chi connectivity index (χ0) is 16.4. The Hall–Kier alpha value is -2.37. The van der Waals surface area contributed by atoms with E-state index in [0.29, 0.717) is 30.0 Å². The summed E-state index contributed by atoms with van der Waals surface area (Å²) in [7, 11) is 0. The van der Waals surface area contributed by atoms with Crippen LogP contribution in [0.1, 0.15) is 30.7 Å². The van der Waals surface area contributed by atoms with Crippen LogP contribution in [-0.4, -0.2) is 19.0 Å². The van der Waals surface area contributed by atoms with E-state index in [0.717, 1.165) is 12.5 Å². The van der Waals surface area contributed by atoms with Crippen molar-refractivity contribution in [1.82, 2.24) is 5.32 Å². The molecule has 0 radical (unpaired) electrons. The highest BCUT2D eigenvalue weighted by Crippen LogP contribution is 2.30. The number of benzene rings is 1. The second kappa shape index (κ2) is 6.40. The number of hydrogen-bond donors (Lipinski definition) is 1. The monoisotopic (exact) mass is 320 g/mol. The fourth-order valence-corrected chi connectivity index (χ4v) is 2.96. The third-order valence-electron chi connectivity index (χ3n) is 3.98. The van der Waals surface area contributed by atoms with Gasteiger partial charge in [-0.2, -0.15) is 0 Å². The van der Waals surface area contributed by atoms with Crippen molar-refractivity contribution < 1.29 is 18.0 Å². The van der Waals surface area contributed by atoms with Crippen molar-refractivity contribution in [2.24, 2.45) is 0 Å². The van der Waals surface area contributed by atoms with Crippen LogP contribution in [-0.2, 0) is 11.2 Å². The summed E-state index contributed by atoms with van der Waals surface area (Å²) in [6, 6.07) is 5.47. The summed E-state index contributed by atoms with van der Waals surface area (Å²) < 4.78 is 32.7. The first-order chi connectivity index (χ1) is 11.0. The number of carbonyl (C=O) groups is 1. The molecule has 0 bridgehead atoms. The zero-order valence-electron chi connectivity index (χ0n) is 12.8. The van der Waals surface area contributed by atoms with Crippen LogP contribution in [0.4, 0.5) is 14.5 Å². The molecule has 4 nitrogen and oxygen atoms in total. The Morgan fingerprint density at radius 3 is 3.00 bits per heavy atom. The number of aryl methyl sites for hydroxylation is 1. The average molecular weight is 320 g/mol. The van der Waals surface area contributed by atoms with Crippen molar-refractivity contribution in [1.29, 1.82) is 0 Å². The van der Waals surface area contributed by atoms with E-state index in [1.165, 1.54) is 6.07 Å². The lowest BCUT2D eigenvalue weighted by Gasteiger charge is -2.31. The fraction of sp³-hybridized carbons (Fsp3) is 0.353. The van der Waals surface area contributed by atoms with Gasteiger partial charge in [-0.25, -0.2) is 8.78 Å². The van der Waals surface area contributed by atoms with Crippen molar-refractivity contribution >= 4 is 11.6 Å². The molecule has 2 heterocycles. The molecule has 3 rings (SSSR count). The molecule has 1 aromatic heterocycles. The van der Waals surface area contributed by atoms with Crippen molar-refractivity contribution in [2.75, 3.05) is 18.0 Å². The van der Waals surface area contributed by atoms with E-state index >= 15 is 0 Å². The lowest BCUT2D eigenvalue weighted by Crippen LogP contribution is -2.41. The number of anilines is 1. The van der Waals surface area contributed by atoms with E-state index in [4.69, 9.17) is 4.42 Å². The van der Waals surface area contributed by atoms with Gasteiger partial charge in [0, 0.05) is 12.6 Å². The largest absolute Gasteiger partial charge is 0.467 e. The van der Waals surface area contributed by atoms with Crippen LogP contribution < -0.4 is 10.2 Å². The predicted octanol–water partition coefficient (Wildman–Crippen LogP) is 3.19. The SMILES string of the molecule is C[C@H](NC(=O)CN1CCCc2cc(F)cc(F)c21)c1ccco1. The summed E-state index contributed by atoms with van der Waals surface area (Å²) in [6.07, 6.45) is 2.92. The second-order valence-electron chi connectivity index (χ2n) is 5.73. The van der Waals surface area contributed by atoms with E-state index in [1.54, 1.807) is 23.3 Å². The maximum atomic E-state index is 14.1. The first-order valence-corrected chi connectivity index (χ1v) is 7.60. The summed E-state index contributed by atoms with van der Waals surface area (Å²) in [5.74, 6) is -0.776. The molecular weight excluding hydrogens is 302 g/mol. The Morgan fingerprint density at radius 1 is 1.43 bits per heavy atom. The van der Waals surface area contributed by atoms with Crippen LogP contribution in [0.3, 0.4) is 0 Å². The Labute approximate surface area is 133 Å². The first-order valence-electron chi connectivity index (χ1n) is 7.60. The van der Waals surface area contributed by atoms with Crippen LogP contribution in [0.2, 0.25) is 0 Å². The molecule has 23 heavy (non-hydrogen) atoms. The summed E-state index contributed by atoms with van der Waals surface area (Å²) in [5, 5.41) is 2.82. The van der Waals surface area contributed by atoms with Crippen LogP contribution in [0.15, 0.2) is 34.9 Å². The number of amides is 1. The van der Waals surface area contributed by atoms with E-state index in [9.17, 15) is 13.6 Å². The quantitative estimate of drug-likeness (QED) is 0.941. The van der Waals surface area contributed by atoms with Gasteiger partial charge >= 0.3 is 0 Å². The minimum Gasteiger partial charge on any atom is -0.467 e. The maximum absolute atomic E-state index is 14.1. The molecule has 1 aromatic carbocycles. The lowest BCUT2D eigenvalue weighted by atomic mass is 10.0. The smallest absolute Gasteiger partial charge is 0.240 e.